The molecule has 0 aliphatic heterocycles. The van der Waals surface area contributed by atoms with Crippen LogP contribution in [0.3, 0.4) is 0 Å². The Bertz CT molecular complexity index is 573. The van der Waals surface area contributed by atoms with E-state index in [1.165, 1.54) is 6.92 Å². The number of rotatable bonds is 7. The molecule has 1 saturated carbocycles. The van der Waals surface area contributed by atoms with Crippen molar-refractivity contribution in [3.05, 3.63) is 0 Å². The first-order valence-electron chi connectivity index (χ1n) is 8.95. The third-order valence-corrected chi connectivity index (χ3v) is 6.01. The van der Waals surface area contributed by atoms with Crippen LogP contribution in [0.2, 0.25) is 0 Å². The molecule has 4 atom stereocenters. The fraction of sp³-hybridized carbons (Fsp3) is 0.889. The molecule has 0 heterocycles. The molecule has 1 aliphatic carbocycles. The minimum absolute atomic E-state index is 0.106. The SMILES string of the molecule is CCOC(=O)C(F)(F)[C@](C)(N[S+]([O-])C(C)(C)C)[C@@H]1C[C@H]1C(=O)OC(C)(C)C. The fourth-order valence-electron chi connectivity index (χ4n) is 2.62. The molecule has 1 fully saturated rings. The lowest BCUT2D eigenvalue weighted by Gasteiger charge is -2.39. The Balaban J connectivity index is 3.17. The maximum absolute atomic E-state index is 15.0. The Morgan fingerprint density at radius 1 is 1.15 bits per heavy atom. The molecular weight excluding hydrogens is 380 g/mol. The van der Waals surface area contributed by atoms with Crippen molar-refractivity contribution < 1.29 is 32.4 Å². The van der Waals surface area contributed by atoms with Crippen molar-refractivity contribution in [3.63, 3.8) is 0 Å². The van der Waals surface area contributed by atoms with Crippen LogP contribution in [0.4, 0.5) is 8.78 Å². The van der Waals surface area contributed by atoms with E-state index < -0.39 is 56.9 Å². The number of hydrogen-bond donors (Lipinski definition) is 1. The third-order valence-electron chi connectivity index (χ3n) is 4.29. The molecule has 1 aliphatic rings. The summed E-state index contributed by atoms with van der Waals surface area (Å²) in [5.41, 5.74) is -2.98. The van der Waals surface area contributed by atoms with Crippen molar-refractivity contribution in [2.24, 2.45) is 11.8 Å². The molecule has 0 bridgehead atoms. The number of hydrogen-bond acceptors (Lipinski definition) is 6. The maximum atomic E-state index is 15.0. The highest BCUT2D eigenvalue weighted by Crippen LogP contribution is 2.53. The van der Waals surface area contributed by atoms with Crippen LogP contribution in [-0.4, -0.2) is 44.9 Å². The minimum Gasteiger partial charge on any atom is -0.598 e. The van der Waals surface area contributed by atoms with Crippen LogP contribution in [0.5, 0.6) is 0 Å². The van der Waals surface area contributed by atoms with Gasteiger partial charge in [0.1, 0.15) is 15.9 Å². The summed E-state index contributed by atoms with van der Waals surface area (Å²) in [6.07, 6.45) is 0.106. The zero-order valence-electron chi connectivity index (χ0n) is 17.3. The Morgan fingerprint density at radius 2 is 1.67 bits per heavy atom. The number of halogens is 2. The number of esters is 2. The lowest BCUT2D eigenvalue weighted by Crippen LogP contribution is -2.65. The second-order valence-corrected chi connectivity index (χ2v) is 10.9. The van der Waals surface area contributed by atoms with Gasteiger partial charge in [-0.25, -0.2) is 4.79 Å². The summed E-state index contributed by atoms with van der Waals surface area (Å²) in [5, 5.41) is 0. The lowest BCUT2D eigenvalue weighted by atomic mass is 9.87. The van der Waals surface area contributed by atoms with E-state index in [2.05, 4.69) is 9.46 Å². The van der Waals surface area contributed by atoms with E-state index in [9.17, 15) is 14.1 Å². The first-order chi connectivity index (χ1) is 12.0. The van der Waals surface area contributed by atoms with Crippen molar-refractivity contribution in [3.8, 4) is 0 Å². The van der Waals surface area contributed by atoms with Gasteiger partial charge >= 0.3 is 17.9 Å². The fourth-order valence-corrected chi connectivity index (χ4v) is 3.59. The second kappa shape index (κ2) is 7.83. The second-order valence-electron chi connectivity index (χ2n) is 8.96. The van der Waals surface area contributed by atoms with Crippen LogP contribution < -0.4 is 4.72 Å². The van der Waals surface area contributed by atoms with Crippen LogP contribution in [0.15, 0.2) is 0 Å². The van der Waals surface area contributed by atoms with Crippen LogP contribution in [0, 0.1) is 11.8 Å². The molecule has 0 saturated heterocycles. The molecular formula is C18H31F2NO5S. The highest BCUT2D eigenvalue weighted by molar-refractivity contribution is 7.90. The van der Waals surface area contributed by atoms with Gasteiger partial charge in [-0.1, -0.05) is 0 Å². The predicted molar refractivity (Wildman–Crippen MR) is 98.5 cm³/mol. The van der Waals surface area contributed by atoms with Gasteiger partial charge in [0.15, 0.2) is 0 Å². The van der Waals surface area contributed by atoms with Crippen LogP contribution in [0.1, 0.15) is 61.8 Å². The number of ether oxygens (including phenoxy) is 2. The lowest BCUT2D eigenvalue weighted by molar-refractivity contribution is -0.185. The monoisotopic (exact) mass is 411 g/mol. The number of alkyl halides is 2. The summed E-state index contributed by atoms with van der Waals surface area (Å²) in [6, 6.07) is 0. The summed E-state index contributed by atoms with van der Waals surface area (Å²) in [4.78, 5) is 24.2. The summed E-state index contributed by atoms with van der Waals surface area (Å²) in [7, 11) is 0. The van der Waals surface area contributed by atoms with Gasteiger partial charge in [0.05, 0.1) is 12.5 Å². The first kappa shape index (κ1) is 24.1. The molecule has 0 radical (unpaired) electrons. The molecule has 27 heavy (non-hydrogen) atoms. The van der Waals surface area contributed by atoms with E-state index in [4.69, 9.17) is 4.74 Å². The Labute approximate surface area is 163 Å². The Kier molecular flexibility index (Phi) is 6.99. The average molecular weight is 412 g/mol. The first-order valence-corrected chi connectivity index (χ1v) is 10.1. The van der Waals surface area contributed by atoms with Crippen LogP contribution >= 0.6 is 0 Å². The van der Waals surface area contributed by atoms with Crippen molar-refractivity contribution in [2.75, 3.05) is 6.61 Å². The molecule has 0 aromatic rings. The Hall–Kier alpha value is -0.930. The number of carbonyl (C=O) groups excluding carboxylic acids is 2. The van der Waals surface area contributed by atoms with Crippen molar-refractivity contribution in [1.82, 2.24) is 4.72 Å². The molecule has 1 rings (SSSR count). The molecule has 1 N–H and O–H groups in total. The topological polar surface area (TPSA) is 87.7 Å². The zero-order chi connectivity index (χ0) is 21.4. The smallest absolute Gasteiger partial charge is 0.379 e. The highest BCUT2D eigenvalue weighted by atomic mass is 32.2. The highest BCUT2D eigenvalue weighted by Gasteiger charge is 2.71. The quantitative estimate of drug-likeness (QED) is 0.512. The summed E-state index contributed by atoms with van der Waals surface area (Å²) in [6.45, 7) is 12.2. The zero-order valence-corrected chi connectivity index (χ0v) is 18.1. The average Bonchev–Trinajstić information content (AvgIpc) is 3.25. The molecule has 0 aromatic carbocycles. The summed E-state index contributed by atoms with van der Waals surface area (Å²) >= 11 is -1.89. The van der Waals surface area contributed by atoms with E-state index in [0.717, 1.165) is 6.92 Å². The van der Waals surface area contributed by atoms with E-state index in [0.29, 0.717) is 0 Å². The third kappa shape index (κ3) is 5.54. The largest absolute Gasteiger partial charge is 0.598 e. The predicted octanol–water partition coefficient (Wildman–Crippen LogP) is 2.97. The van der Waals surface area contributed by atoms with E-state index >= 15 is 8.78 Å². The standard InChI is InChI=1S/C18H31F2NO5S/c1-9-25-14(23)18(19,20)17(8,21-27(24)16(5,6)7)12-10-11(12)13(22)26-15(2,3)4/h11-12,21H,9-10H2,1-8H3/t11-,12-,17-,27?/m1/s1. The number of carbonyl (C=O) groups is 2. The summed E-state index contributed by atoms with van der Waals surface area (Å²) in [5.74, 6) is -8.02. The molecule has 6 nitrogen and oxygen atoms in total. The van der Waals surface area contributed by atoms with Crippen LogP contribution in [-0.2, 0) is 30.4 Å². The van der Waals surface area contributed by atoms with Gasteiger partial charge < -0.3 is 14.0 Å². The van der Waals surface area contributed by atoms with E-state index in [-0.39, 0.29) is 13.0 Å². The van der Waals surface area contributed by atoms with Crippen LogP contribution in [0.25, 0.3) is 0 Å². The summed E-state index contributed by atoms with van der Waals surface area (Å²) < 4.78 is 54.0. The normalized spacial score (nSPS) is 24.0. The van der Waals surface area contributed by atoms with Gasteiger partial charge in [0, 0.05) is 17.3 Å². The van der Waals surface area contributed by atoms with Gasteiger partial charge in [-0.15, -0.1) is 4.72 Å². The molecule has 0 spiro atoms. The van der Waals surface area contributed by atoms with E-state index in [1.807, 2.05) is 0 Å². The molecule has 9 heteroatoms. The number of nitrogens with one attached hydrogen (secondary N) is 1. The molecule has 0 amide bonds. The van der Waals surface area contributed by atoms with Gasteiger partial charge in [0.25, 0.3) is 0 Å². The molecule has 0 aromatic heterocycles. The molecule has 158 valence electrons. The Morgan fingerprint density at radius 3 is 2.07 bits per heavy atom. The van der Waals surface area contributed by atoms with Crippen molar-refractivity contribution in [2.45, 2.75) is 83.6 Å². The van der Waals surface area contributed by atoms with Gasteiger partial charge in [-0.05, 0) is 61.8 Å². The van der Waals surface area contributed by atoms with Gasteiger partial charge in [-0.3, -0.25) is 4.79 Å². The maximum Gasteiger partial charge on any atom is 0.379 e. The molecule has 1 unspecified atom stereocenters. The van der Waals surface area contributed by atoms with Crippen molar-refractivity contribution in [1.29, 1.82) is 0 Å². The van der Waals surface area contributed by atoms with Gasteiger partial charge in [0.2, 0.25) is 0 Å². The van der Waals surface area contributed by atoms with Crippen molar-refractivity contribution >= 4 is 23.3 Å². The van der Waals surface area contributed by atoms with E-state index in [1.54, 1.807) is 41.5 Å². The minimum atomic E-state index is -3.98. The van der Waals surface area contributed by atoms with Gasteiger partial charge in [-0.2, -0.15) is 8.78 Å².